The van der Waals surface area contributed by atoms with Crippen LogP contribution in [0.5, 0.6) is 0 Å². The predicted octanol–water partition coefficient (Wildman–Crippen LogP) is 7.04. The van der Waals surface area contributed by atoms with E-state index in [4.69, 9.17) is 0 Å². The predicted molar refractivity (Wildman–Crippen MR) is 141 cm³/mol. The summed E-state index contributed by atoms with van der Waals surface area (Å²) in [4.78, 5) is 0. The van der Waals surface area contributed by atoms with Crippen LogP contribution in [-0.2, 0) is 0 Å². The zero-order valence-electron chi connectivity index (χ0n) is 18.5. The van der Waals surface area contributed by atoms with E-state index in [2.05, 4.69) is 65.9 Å². The minimum absolute atomic E-state index is 0.910. The van der Waals surface area contributed by atoms with E-state index >= 15 is 0 Å². The Balaban J connectivity index is 1.58. The van der Waals surface area contributed by atoms with Crippen molar-refractivity contribution >= 4 is 10.8 Å². The molecule has 5 rings (SSSR count). The van der Waals surface area contributed by atoms with E-state index in [1.165, 1.54) is 0 Å². The molecule has 0 heteroatoms. The Labute approximate surface area is 200 Å². The highest BCUT2D eigenvalue weighted by molar-refractivity contribution is 5.87. The van der Waals surface area contributed by atoms with E-state index in [-0.39, 0.29) is 0 Å². The van der Waals surface area contributed by atoms with Gasteiger partial charge in [0.05, 0.1) is 0 Å². The molecule has 5 aromatic carbocycles. The molecule has 0 bridgehead atoms. The average Bonchev–Trinajstić information content (AvgIpc) is 2.91. The lowest BCUT2D eigenvalue weighted by molar-refractivity contribution is 1.60. The fourth-order valence-corrected chi connectivity index (χ4v) is 3.57. The summed E-state index contributed by atoms with van der Waals surface area (Å²) in [5, 5.41) is 2.22. The summed E-state index contributed by atoms with van der Waals surface area (Å²) in [5.41, 5.74) is 5.77. The van der Waals surface area contributed by atoms with Crippen molar-refractivity contribution in [2.45, 2.75) is 0 Å². The molecule has 5 aromatic rings. The summed E-state index contributed by atoms with van der Waals surface area (Å²) in [6.07, 6.45) is 0. The van der Waals surface area contributed by atoms with Crippen LogP contribution in [0.3, 0.4) is 0 Å². The third-order valence-corrected chi connectivity index (χ3v) is 5.33. The Morgan fingerprint density at radius 1 is 0.294 bits per heavy atom. The summed E-state index contributed by atoms with van der Waals surface area (Å²) in [5.74, 6) is 19.8. The molecule has 0 aliphatic carbocycles. The summed E-state index contributed by atoms with van der Waals surface area (Å²) < 4.78 is 0. The van der Waals surface area contributed by atoms with Gasteiger partial charge in [0.15, 0.2) is 0 Å². The molecule has 0 aliphatic heterocycles. The van der Waals surface area contributed by atoms with Gasteiger partial charge in [0.2, 0.25) is 0 Å². The highest BCUT2D eigenvalue weighted by atomic mass is 14.1. The van der Waals surface area contributed by atoms with E-state index in [1.54, 1.807) is 0 Å². The molecule has 0 radical (unpaired) electrons. The van der Waals surface area contributed by atoms with E-state index in [1.807, 2.05) is 91.0 Å². The van der Waals surface area contributed by atoms with Crippen molar-refractivity contribution in [3.8, 4) is 35.5 Å². The second-order valence-electron chi connectivity index (χ2n) is 7.81. The first-order valence-electron chi connectivity index (χ1n) is 11.1. The quantitative estimate of drug-likeness (QED) is 0.232. The first-order valence-corrected chi connectivity index (χ1v) is 11.1. The van der Waals surface area contributed by atoms with Crippen molar-refractivity contribution in [3.05, 3.63) is 155 Å². The Bertz CT molecular complexity index is 1620. The fourth-order valence-electron chi connectivity index (χ4n) is 3.57. The minimum Gasteiger partial charge on any atom is -0.0622 e. The van der Waals surface area contributed by atoms with Crippen LogP contribution in [0.1, 0.15) is 33.4 Å². The van der Waals surface area contributed by atoms with Gasteiger partial charge in [-0.25, -0.2) is 0 Å². The zero-order valence-corrected chi connectivity index (χ0v) is 18.5. The topological polar surface area (TPSA) is 0 Å². The smallest absolute Gasteiger partial charge is 0.0412 e. The third kappa shape index (κ3) is 5.26. The Morgan fingerprint density at radius 3 is 1.21 bits per heavy atom. The molecule has 0 fully saturated rings. The van der Waals surface area contributed by atoms with Crippen molar-refractivity contribution in [2.24, 2.45) is 0 Å². The lowest BCUT2D eigenvalue weighted by Crippen LogP contribution is -1.87. The first kappa shape index (κ1) is 20.9. The van der Waals surface area contributed by atoms with Crippen LogP contribution >= 0.6 is 0 Å². The van der Waals surface area contributed by atoms with E-state index in [0.29, 0.717) is 0 Å². The first-order chi connectivity index (χ1) is 16.8. The minimum atomic E-state index is 0.910. The van der Waals surface area contributed by atoms with Gasteiger partial charge in [0.1, 0.15) is 0 Å². The molecule has 0 aromatic heterocycles. The largest absolute Gasteiger partial charge is 0.0622 e. The SMILES string of the molecule is C(#Cc1ccc2cc(C#Cc3ccccc3)c(C#Cc3ccccc3)cc2c1)c1ccccc1. The molecule has 0 saturated carbocycles. The summed E-state index contributed by atoms with van der Waals surface area (Å²) in [6, 6.07) is 40.6. The van der Waals surface area contributed by atoms with Crippen molar-refractivity contribution in [1.29, 1.82) is 0 Å². The Hall–Kier alpha value is -4.96. The maximum absolute atomic E-state index is 3.35. The second-order valence-corrected chi connectivity index (χ2v) is 7.81. The third-order valence-electron chi connectivity index (χ3n) is 5.33. The number of rotatable bonds is 0. The highest BCUT2D eigenvalue weighted by Gasteiger charge is 2.03. The lowest BCUT2D eigenvalue weighted by atomic mass is 9.99. The van der Waals surface area contributed by atoms with Crippen molar-refractivity contribution < 1.29 is 0 Å². The van der Waals surface area contributed by atoms with Gasteiger partial charge in [-0.05, 0) is 71.4 Å². The fraction of sp³-hybridized carbons (Fsp3) is 0. The second kappa shape index (κ2) is 10.1. The van der Waals surface area contributed by atoms with Gasteiger partial charge < -0.3 is 0 Å². The number of hydrogen-bond acceptors (Lipinski definition) is 0. The maximum Gasteiger partial charge on any atom is 0.0412 e. The van der Waals surface area contributed by atoms with Crippen LogP contribution in [0.25, 0.3) is 10.8 Å². The van der Waals surface area contributed by atoms with Gasteiger partial charge in [-0.2, -0.15) is 0 Å². The van der Waals surface area contributed by atoms with Crippen molar-refractivity contribution in [1.82, 2.24) is 0 Å². The van der Waals surface area contributed by atoms with Crippen molar-refractivity contribution in [2.75, 3.05) is 0 Å². The number of fused-ring (bicyclic) bond motifs is 1. The van der Waals surface area contributed by atoms with Gasteiger partial charge in [-0.1, -0.05) is 96.2 Å². The average molecular weight is 429 g/mol. The van der Waals surface area contributed by atoms with Crippen LogP contribution in [-0.4, -0.2) is 0 Å². The van der Waals surface area contributed by atoms with Crippen LogP contribution < -0.4 is 0 Å². The molecule has 0 saturated heterocycles. The van der Waals surface area contributed by atoms with Gasteiger partial charge in [0, 0.05) is 33.4 Å². The van der Waals surface area contributed by atoms with Gasteiger partial charge in [-0.15, -0.1) is 0 Å². The van der Waals surface area contributed by atoms with Crippen LogP contribution in [0.2, 0.25) is 0 Å². The molecule has 0 N–H and O–H groups in total. The Morgan fingerprint density at radius 2 is 0.706 bits per heavy atom. The van der Waals surface area contributed by atoms with Crippen LogP contribution in [0, 0.1) is 35.5 Å². The monoisotopic (exact) mass is 428 g/mol. The Kier molecular flexibility index (Phi) is 6.22. The van der Waals surface area contributed by atoms with Crippen molar-refractivity contribution in [3.63, 3.8) is 0 Å². The maximum atomic E-state index is 3.35. The summed E-state index contributed by atoms with van der Waals surface area (Å²) >= 11 is 0. The number of hydrogen-bond donors (Lipinski definition) is 0. The standard InChI is InChI=1S/C34H20/c1-4-10-27(11-5-1)16-17-30-20-23-33-25-31(21-18-28-12-6-2-7-13-28)32(26-34(33)24-30)22-19-29-14-8-3-9-15-29/h1-15,20,23-26H. The van der Waals surface area contributed by atoms with Gasteiger partial charge in [-0.3, -0.25) is 0 Å². The molecule has 0 unspecified atom stereocenters. The molecule has 0 spiro atoms. The van der Waals surface area contributed by atoms with E-state index in [9.17, 15) is 0 Å². The molecule has 0 amide bonds. The summed E-state index contributed by atoms with van der Waals surface area (Å²) in [6.45, 7) is 0. The molecule has 0 heterocycles. The molecule has 156 valence electrons. The normalized spacial score (nSPS) is 9.65. The molecule has 0 aliphatic rings. The number of benzene rings is 5. The molecular weight excluding hydrogens is 408 g/mol. The van der Waals surface area contributed by atoms with E-state index in [0.717, 1.165) is 44.2 Å². The summed E-state index contributed by atoms with van der Waals surface area (Å²) in [7, 11) is 0. The van der Waals surface area contributed by atoms with E-state index < -0.39 is 0 Å². The highest BCUT2D eigenvalue weighted by Crippen LogP contribution is 2.21. The lowest BCUT2D eigenvalue weighted by Gasteiger charge is -2.04. The molecule has 0 nitrogen and oxygen atoms in total. The van der Waals surface area contributed by atoms with Gasteiger partial charge >= 0.3 is 0 Å². The molecule has 34 heavy (non-hydrogen) atoms. The zero-order chi connectivity index (χ0) is 23.0. The molecular formula is C34H20. The van der Waals surface area contributed by atoms with Gasteiger partial charge in [0.25, 0.3) is 0 Å². The van der Waals surface area contributed by atoms with Crippen LogP contribution in [0.4, 0.5) is 0 Å². The van der Waals surface area contributed by atoms with Crippen LogP contribution in [0.15, 0.2) is 121 Å². The molecule has 0 atom stereocenters.